The van der Waals surface area contributed by atoms with Crippen LogP contribution in [0.1, 0.15) is 5.76 Å². The van der Waals surface area contributed by atoms with Crippen molar-refractivity contribution in [1.82, 2.24) is 5.16 Å². The van der Waals surface area contributed by atoms with Crippen LogP contribution in [0.25, 0.3) is 16.3 Å². The van der Waals surface area contributed by atoms with Crippen molar-refractivity contribution in [2.45, 2.75) is 0 Å². The molecule has 0 bridgehead atoms. The van der Waals surface area contributed by atoms with E-state index in [1.807, 2.05) is 24.3 Å². The summed E-state index contributed by atoms with van der Waals surface area (Å²) >= 11 is 9.07. The van der Waals surface area contributed by atoms with Gasteiger partial charge in [-0.15, -0.1) is 0 Å². The summed E-state index contributed by atoms with van der Waals surface area (Å²) in [6.07, 6.45) is 0. The number of aromatic nitrogens is 1. The Balaban J connectivity index is 2.49. The van der Waals surface area contributed by atoms with Crippen molar-refractivity contribution < 1.29 is 4.52 Å². The van der Waals surface area contributed by atoms with E-state index >= 15 is 0 Å². The standard InChI is InChI=1S/C11H8BrClN2O/c1-6(13)11-9(14)10(15-16-11)7-2-4-8(12)5-3-7/h2-5H,1,14H2. The first kappa shape index (κ1) is 11.2. The molecule has 2 rings (SSSR count). The first-order chi connectivity index (χ1) is 7.59. The third-order valence-electron chi connectivity index (χ3n) is 2.09. The van der Waals surface area contributed by atoms with Crippen molar-refractivity contribution in [1.29, 1.82) is 0 Å². The predicted octanol–water partition coefficient (Wildman–Crippen LogP) is 3.90. The Morgan fingerprint density at radius 2 is 2.00 bits per heavy atom. The molecule has 0 saturated carbocycles. The van der Waals surface area contributed by atoms with Gasteiger partial charge in [0, 0.05) is 10.0 Å². The number of nitrogens with two attached hydrogens (primary N) is 1. The van der Waals surface area contributed by atoms with Gasteiger partial charge in [0.2, 0.25) is 5.76 Å². The largest absolute Gasteiger partial charge is 0.394 e. The smallest absolute Gasteiger partial charge is 0.201 e. The average molecular weight is 300 g/mol. The summed E-state index contributed by atoms with van der Waals surface area (Å²) < 4.78 is 6.01. The van der Waals surface area contributed by atoms with E-state index in [2.05, 4.69) is 27.7 Å². The first-order valence-electron chi connectivity index (χ1n) is 4.45. The normalized spacial score (nSPS) is 10.4. The lowest BCUT2D eigenvalue weighted by Gasteiger charge is -1.97. The van der Waals surface area contributed by atoms with E-state index in [9.17, 15) is 0 Å². The van der Waals surface area contributed by atoms with Crippen molar-refractivity contribution in [3.05, 3.63) is 41.1 Å². The summed E-state index contributed by atoms with van der Waals surface area (Å²) in [7, 11) is 0. The molecule has 16 heavy (non-hydrogen) atoms. The van der Waals surface area contributed by atoms with Gasteiger partial charge in [-0.1, -0.05) is 51.4 Å². The van der Waals surface area contributed by atoms with Crippen LogP contribution < -0.4 is 5.73 Å². The lowest BCUT2D eigenvalue weighted by atomic mass is 10.1. The average Bonchev–Trinajstić information content (AvgIpc) is 2.61. The van der Waals surface area contributed by atoms with E-state index in [1.54, 1.807) is 0 Å². The molecular formula is C11H8BrClN2O. The van der Waals surface area contributed by atoms with E-state index in [-0.39, 0.29) is 5.03 Å². The molecule has 0 aliphatic carbocycles. The zero-order valence-electron chi connectivity index (χ0n) is 8.21. The molecule has 1 aromatic heterocycles. The molecular weight excluding hydrogens is 291 g/mol. The van der Waals surface area contributed by atoms with Crippen LogP contribution in [0, 0.1) is 0 Å². The fraction of sp³-hybridized carbons (Fsp3) is 0. The number of hydrogen-bond donors (Lipinski definition) is 1. The Morgan fingerprint density at radius 3 is 2.50 bits per heavy atom. The van der Waals surface area contributed by atoms with Crippen molar-refractivity contribution >= 4 is 38.3 Å². The molecule has 2 aromatic rings. The maximum Gasteiger partial charge on any atom is 0.201 e. The highest BCUT2D eigenvalue weighted by atomic mass is 79.9. The molecule has 0 aliphatic rings. The minimum atomic E-state index is 0.244. The molecule has 0 fully saturated rings. The van der Waals surface area contributed by atoms with Gasteiger partial charge in [0.25, 0.3) is 0 Å². The Kier molecular flexibility index (Phi) is 3.03. The molecule has 0 radical (unpaired) electrons. The van der Waals surface area contributed by atoms with Crippen molar-refractivity contribution in [2.24, 2.45) is 0 Å². The molecule has 0 atom stereocenters. The first-order valence-corrected chi connectivity index (χ1v) is 5.62. The number of nitrogen functional groups attached to an aromatic ring is 1. The zero-order chi connectivity index (χ0) is 11.7. The fourth-order valence-corrected chi connectivity index (χ4v) is 1.71. The Morgan fingerprint density at radius 1 is 1.38 bits per heavy atom. The summed E-state index contributed by atoms with van der Waals surface area (Å²) in [5, 5.41) is 4.12. The van der Waals surface area contributed by atoms with Crippen LogP contribution >= 0.6 is 27.5 Å². The lowest BCUT2D eigenvalue weighted by molar-refractivity contribution is 0.415. The molecule has 3 nitrogen and oxygen atoms in total. The Bertz CT molecular complexity index is 533. The van der Waals surface area contributed by atoms with Crippen LogP contribution in [-0.4, -0.2) is 5.16 Å². The fourth-order valence-electron chi connectivity index (χ4n) is 1.31. The number of benzene rings is 1. The molecule has 0 amide bonds. The summed E-state index contributed by atoms with van der Waals surface area (Å²) in [5.74, 6) is 0.319. The third-order valence-corrected chi connectivity index (χ3v) is 2.79. The molecule has 1 aromatic carbocycles. The van der Waals surface area contributed by atoms with E-state index in [4.69, 9.17) is 21.9 Å². The SMILES string of the molecule is C=C(Cl)c1onc(-c2ccc(Br)cc2)c1N. The summed E-state index contributed by atoms with van der Waals surface area (Å²) in [6, 6.07) is 7.58. The summed E-state index contributed by atoms with van der Waals surface area (Å²) in [5.41, 5.74) is 7.71. The summed E-state index contributed by atoms with van der Waals surface area (Å²) in [4.78, 5) is 0. The van der Waals surface area contributed by atoms with E-state index in [0.29, 0.717) is 17.1 Å². The van der Waals surface area contributed by atoms with E-state index in [1.165, 1.54) is 0 Å². The number of halogens is 2. The van der Waals surface area contributed by atoms with Crippen LogP contribution in [0.4, 0.5) is 5.69 Å². The van der Waals surface area contributed by atoms with E-state index in [0.717, 1.165) is 10.0 Å². The monoisotopic (exact) mass is 298 g/mol. The van der Waals surface area contributed by atoms with Crippen LogP contribution in [0.15, 0.2) is 39.8 Å². The van der Waals surface area contributed by atoms with Gasteiger partial charge in [-0.05, 0) is 12.1 Å². The number of anilines is 1. The maximum absolute atomic E-state index is 5.86. The van der Waals surface area contributed by atoms with Gasteiger partial charge in [0.15, 0.2) is 0 Å². The molecule has 0 saturated heterocycles. The topological polar surface area (TPSA) is 52.0 Å². The lowest BCUT2D eigenvalue weighted by Crippen LogP contribution is -1.89. The molecule has 0 spiro atoms. The van der Waals surface area contributed by atoms with Crippen LogP contribution in [0.2, 0.25) is 0 Å². The van der Waals surface area contributed by atoms with Crippen molar-refractivity contribution in [2.75, 3.05) is 5.73 Å². The van der Waals surface area contributed by atoms with Crippen molar-refractivity contribution in [3.8, 4) is 11.3 Å². The molecule has 0 unspecified atom stereocenters. The van der Waals surface area contributed by atoms with Crippen LogP contribution in [0.3, 0.4) is 0 Å². The number of nitrogens with zero attached hydrogens (tertiary/aromatic N) is 1. The van der Waals surface area contributed by atoms with Gasteiger partial charge in [-0.3, -0.25) is 0 Å². The minimum absolute atomic E-state index is 0.244. The highest BCUT2D eigenvalue weighted by Crippen LogP contribution is 2.32. The molecule has 82 valence electrons. The Labute approximate surface area is 106 Å². The highest BCUT2D eigenvalue weighted by Gasteiger charge is 2.15. The molecule has 2 N–H and O–H groups in total. The summed E-state index contributed by atoms with van der Waals surface area (Å²) in [6.45, 7) is 3.55. The molecule has 5 heteroatoms. The highest BCUT2D eigenvalue weighted by molar-refractivity contribution is 9.10. The molecule has 0 aliphatic heterocycles. The predicted molar refractivity (Wildman–Crippen MR) is 68.9 cm³/mol. The van der Waals surface area contributed by atoms with Crippen molar-refractivity contribution in [3.63, 3.8) is 0 Å². The molecule has 1 heterocycles. The second-order valence-corrected chi connectivity index (χ2v) is 4.56. The third kappa shape index (κ3) is 1.99. The minimum Gasteiger partial charge on any atom is -0.394 e. The van der Waals surface area contributed by atoms with Gasteiger partial charge < -0.3 is 10.3 Å². The second-order valence-electron chi connectivity index (χ2n) is 3.19. The van der Waals surface area contributed by atoms with Gasteiger partial charge in [-0.2, -0.15) is 0 Å². The van der Waals surface area contributed by atoms with Crippen LogP contribution in [0.5, 0.6) is 0 Å². The maximum atomic E-state index is 5.86. The van der Waals surface area contributed by atoms with Gasteiger partial charge in [0.05, 0.1) is 5.03 Å². The van der Waals surface area contributed by atoms with Gasteiger partial charge >= 0.3 is 0 Å². The van der Waals surface area contributed by atoms with Gasteiger partial charge in [0.1, 0.15) is 11.4 Å². The Hall–Kier alpha value is -1.26. The zero-order valence-corrected chi connectivity index (χ0v) is 10.5. The van der Waals surface area contributed by atoms with E-state index < -0.39 is 0 Å². The van der Waals surface area contributed by atoms with Gasteiger partial charge in [-0.25, -0.2) is 0 Å². The quantitative estimate of drug-likeness (QED) is 0.915. The number of hydrogen-bond acceptors (Lipinski definition) is 3. The van der Waals surface area contributed by atoms with Crippen LogP contribution in [-0.2, 0) is 0 Å². The second kappa shape index (κ2) is 4.31. The number of rotatable bonds is 2.